The van der Waals surface area contributed by atoms with Crippen molar-refractivity contribution in [2.75, 3.05) is 11.9 Å². The molecule has 3 rings (SSSR count). The fourth-order valence-corrected chi connectivity index (χ4v) is 2.08. The third kappa shape index (κ3) is 2.56. The molecule has 0 aliphatic heterocycles. The Balaban J connectivity index is 2.07. The Morgan fingerprint density at radius 2 is 2.09 bits per heavy atom. The van der Waals surface area contributed by atoms with Crippen molar-refractivity contribution < 1.29 is 14.6 Å². The molecule has 0 saturated carbocycles. The number of aromatic hydroxyl groups is 1. The number of phenols is 1. The molecule has 2 heterocycles. The molecule has 7 nitrogen and oxygen atoms in total. The first-order valence-corrected chi connectivity index (χ1v) is 6.74. The highest BCUT2D eigenvalue weighted by molar-refractivity contribution is 6.04. The van der Waals surface area contributed by atoms with Crippen molar-refractivity contribution in [3.63, 3.8) is 0 Å². The molecule has 2 aromatic heterocycles. The van der Waals surface area contributed by atoms with Crippen LogP contribution in [0.4, 0.5) is 11.4 Å². The van der Waals surface area contributed by atoms with E-state index in [0.29, 0.717) is 28.0 Å². The van der Waals surface area contributed by atoms with Crippen molar-refractivity contribution in [3.05, 3.63) is 42.2 Å². The van der Waals surface area contributed by atoms with Gasteiger partial charge in [0.2, 0.25) is 0 Å². The van der Waals surface area contributed by atoms with Gasteiger partial charge in [-0.05, 0) is 31.2 Å². The van der Waals surface area contributed by atoms with Gasteiger partial charge in [-0.25, -0.2) is 4.79 Å². The Bertz CT molecular complexity index is 811. The number of rotatable bonds is 4. The first kappa shape index (κ1) is 13.9. The van der Waals surface area contributed by atoms with Crippen LogP contribution in [0.1, 0.15) is 17.3 Å². The lowest BCUT2D eigenvalue weighted by Crippen LogP contribution is -2.09. The van der Waals surface area contributed by atoms with Gasteiger partial charge in [0, 0.05) is 11.9 Å². The standard InChI is InChI=1S/C15H14N4O3/c1-2-22-15(21)11-7-16-12-8-17-19-14(12)13(11)18-9-3-5-10(20)6-4-9/h3-8,20H,2H2,1H3,(H,16,18)(H,17,19). The van der Waals surface area contributed by atoms with Gasteiger partial charge in [0.25, 0.3) is 0 Å². The van der Waals surface area contributed by atoms with Gasteiger partial charge in [0.05, 0.1) is 18.5 Å². The van der Waals surface area contributed by atoms with E-state index >= 15 is 0 Å². The van der Waals surface area contributed by atoms with E-state index in [2.05, 4.69) is 20.5 Å². The van der Waals surface area contributed by atoms with Gasteiger partial charge in [-0.1, -0.05) is 0 Å². The second kappa shape index (κ2) is 5.72. The SMILES string of the molecule is CCOC(=O)c1cnc2cn[nH]c2c1Nc1ccc(O)cc1. The van der Waals surface area contributed by atoms with Crippen molar-refractivity contribution in [1.29, 1.82) is 0 Å². The first-order chi connectivity index (χ1) is 10.7. The zero-order chi connectivity index (χ0) is 15.5. The minimum Gasteiger partial charge on any atom is -0.508 e. The summed E-state index contributed by atoms with van der Waals surface area (Å²) in [7, 11) is 0. The highest BCUT2D eigenvalue weighted by Gasteiger charge is 2.18. The number of carbonyl (C=O) groups is 1. The molecule has 1 aromatic carbocycles. The Kier molecular flexibility index (Phi) is 3.61. The lowest BCUT2D eigenvalue weighted by Gasteiger charge is -2.12. The van der Waals surface area contributed by atoms with Gasteiger partial charge in [-0.15, -0.1) is 0 Å². The average molecular weight is 298 g/mol. The second-order valence-electron chi connectivity index (χ2n) is 4.57. The number of phenolic OH excluding ortho intramolecular Hbond substituents is 1. The first-order valence-electron chi connectivity index (χ1n) is 6.74. The van der Waals surface area contributed by atoms with Gasteiger partial charge in [-0.3, -0.25) is 10.1 Å². The summed E-state index contributed by atoms with van der Waals surface area (Å²) in [6.45, 7) is 2.02. The molecule has 0 bridgehead atoms. The summed E-state index contributed by atoms with van der Waals surface area (Å²) in [5, 5.41) is 19.3. The van der Waals surface area contributed by atoms with Crippen molar-refractivity contribution >= 4 is 28.4 Å². The minimum atomic E-state index is -0.465. The highest BCUT2D eigenvalue weighted by Crippen LogP contribution is 2.28. The number of hydrogen-bond donors (Lipinski definition) is 3. The summed E-state index contributed by atoms with van der Waals surface area (Å²) in [6.07, 6.45) is 3.03. The number of ether oxygens (including phenoxy) is 1. The van der Waals surface area contributed by atoms with E-state index in [1.54, 1.807) is 37.4 Å². The van der Waals surface area contributed by atoms with Gasteiger partial charge in [-0.2, -0.15) is 5.10 Å². The number of benzene rings is 1. The molecule has 0 atom stereocenters. The summed E-state index contributed by atoms with van der Waals surface area (Å²) in [6, 6.07) is 6.51. The van der Waals surface area contributed by atoms with Crippen LogP contribution in [0.5, 0.6) is 5.75 Å². The van der Waals surface area contributed by atoms with Crippen LogP contribution in [0, 0.1) is 0 Å². The Morgan fingerprint density at radius 1 is 1.32 bits per heavy atom. The molecule has 0 aliphatic rings. The third-order valence-electron chi connectivity index (χ3n) is 3.10. The Morgan fingerprint density at radius 3 is 2.82 bits per heavy atom. The van der Waals surface area contributed by atoms with E-state index in [1.807, 2.05) is 0 Å². The van der Waals surface area contributed by atoms with Gasteiger partial charge >= 0.3 is 5.97 Å². The number of H-pyrrole nitrogens is 1. The maximum atomic E-state index is 12.1. The van der Waals surface area contributed by atoms with Gasteiger partial charge in [0.15, 0.2) is 0 Å². The monoisotopic (exact) mass is 298 g/mol. The lowest BCUT2D eigenvalue weighted by molar-refractivity contribution is 0.0527. The zero-order valence-electron chi connectivity index (χ0n) is 11.8. The van der Waals surface area contributed by atoms with E-state index in [0.717, 1.165) is 0 Å². The predicted molar refractivity (Wildman–Crippen MR) is 81.2 cm³/mol. The Hall–Kier alpha value is -3.09. The molecule has 0 aliphatic carbocycles. The lowest BCUT2D eigenvalue weighted by atomic mass is 10.2. The molecule has 3 N–H and O–H groups in total. The number of hydrogen-bond acceptors (Lipinski definition) is 6. The summed E-state index contributed by atoms with van der Waals surface area (Å²) in [4.78, 5) is 16.3. The number of nitrogens with zero attached hydrogens (tertiary/aromatic N) is 2. The number of pyridine rings is 1. The molecular formula is C15H14N4O3. The molecule has 22 heavy (non-hydrogen) atoms. The summed E-state index contributed by atoms with van der Waals surface area (Å²) < 4.78 is 5.06. The maximum absolute atomic E-state index is 12.1. The molecule has 0 fully saturated rings. The predicted octanol–water partition coefficient (Wildman–Crippen LogP) is 2.58. The van der Waals surface area contributed by atoms with Crippen LogP contribution in [-0.4, -0.2) is 32.9 Å². The van der Waals surface area contributed by atoms with Crippen LogP contribution in [0.3, 0.4) is 0 Å². The molecule has 0 spiro atoms. The number of aromatic nitrogens is 3. The van der Waals surface area contributed by atoms with Gasteiger partial charge in [0.1, 0.15) is 22.3 Å². The number of fused-ring (bicyclic) bond motifs is 1. The van der Waals surface area contributed by atoms with Crippen LogP contribution >= 0.6 is 0 Å². The summed E-state index contributed by atoms with van der Waals surface area (Å²) >= 11 is 0. The number of nitrogens with one attached hydrogen (secondary N) is 2. The molecule has 0 radical (unpaired) electrons. The van der Waals surface area contributed by atoms with Crippen LogP contribution in [-0.2, 0) is 4.74 Å². The second-order valence-corrected chi connectivity index (χ2v) is 4.57. The van der Waals surface area contributed by atoms with E-state index in [1.165, 1.54) is 6.20 Å². The normalized spacial score (nSPS) is 10.6. The third-order valence-corrected chi connectivity index (χ3v) is 3.10. The van der Waals surface area contributed by atoms with E-state index in [-0.39, 0.29) is 12.4 Å². The van der Waals surface area contributed by atoms with Crippen LogP contribution < -0.4 is 5.32 Å². The fraction of sp³-hybridized carbons (Fsp3) is 0.133. The molecule has 112 valence electrons. The topological polar surface area (TPSA) is 100 Å². The number of carbonyl (C=O) groups excluding carboxylic acids is 1. The van der Waals surface area contributed by atoms with Crippen molar-refractivity contribution in [1.82, 2.24) is 15.2 Å². The van der Waals surface area contributed by atoms with E-state index in [9.17, 15) is 9.90 Å². The number of aromatic amines is 1. The van der Waals surface area contributed by atoms with Crippen molar-refractivity contribution in [3.8, 4) is 5.75 Å². The maximum Gasteiger partial charge on any atom is 0.341 e. The molecule has 7 heteroatoms. The van der Waals surface area contributed by atoms with Crippen molar-refractivity contribution in [2.45, 2.75) is 6.92 Å². The average Bonchev–Trinajstić information content (AvgIpc) is 2.99. The fourth-order valence-electron chi connectivity index (χ4n) is 2.08. The highest BCUT2D eigenvalue weighted by atomic mass is 16.5. The van der Waals surface area contributed by atoms with Crippen LogP contribution in [0.2, 0.25) is 0 Å². The largest absolute Gasteiger partial charge is 0.508 e. The minimum absolute atomic E-state index is 0.164. The van der Waals surface area contributed by atoms with Crippen LogP contribution in [0.25, 0.3) is 11.0 Å². The van der Waals surface area contributed by atoms with Gasteiger partial charge < -0.3 is 15.2 Å². The number of esters is 1. The molecule has 0 unspecified atom stereocenters. The zero-order valence-corrected chi connectivity index (χ0v) is 11.8. The summed E-state index contributed by atoms with van der Waals surface area (Å²) in [5.41, 5.74) is 2.80. The molecule has 0 amide bonds. The molecular weight excluding hydrogens is 284 g/mol. The van der Waals surface area contributed by atoms with E-state index in [4.69, 9.17) is 4.74 Å². The summed E-state index contributed by atoms with van der Waals surface area (Å²) in [5.74, 6) is -0.301. The van der Waals surface area contributed by atoms with E-state index < -0.39 is 5.97 Å². The number of anilines is 2. The smallest absolute Gasteiger partial charge is 0.341 e. The molecule has 3 aromatic rings. The quantitative estimate of drug-likeness (QED) is 0.505. The Labute approximate surface area is 126 Å². The van der Waals surface area contributed by atoms with Crippen LogP contribution in [0.15, 0.2) is 36.7 Å². The molecule has 0 saturated heterocycles. The van der Waals surface area contributed by atoms with Crippen molar-refractivity contribution in [2.24, 2.45) is 0 Å².